The van der Waals surface area contributed by atoms with E-state index in [4.69, 9.17) is 9.84 Å². The molecule has 7 nitrogen and oxygen atoms in total. The largest absolute Gasteiger partial charge is 0.481 e. The van der Waals surface area contributed by atoms with E-state index in [0.717, 1.165) is 57.7 Å². The average molecular weight is 385 g/mol. The molecule has 1 spiro atoms. The highest BCUT2D eigenvalue weighted by Gasteiger charge is 2.51. The molecule has 2 aliphatic heterocycles. The van der Waals surface area contributed by atoms with Crippen LogP contribution in [0.25, 0.3) is 5.57 Å². The Morgan fingerprint density at radius 3 is 2.57 bits per heavy atom. The van der Waals surface area contributed by atoms with Crippen LogP contribution in [0.3, 0.4) is 0 Å². The van der Waals surface area contributed by atoms with Crippen LogP contribution >= 0.6 is 0 Å². The maximum Gasteiger partial charge on any atom is 0.306 e. The molecule has 0 saturated carbocycles. The van der Waals surface area contributed by atoms with Crippen LogP contribution in [0.15, 0.2) is 6.08 Å². The van der Waals surface area contributed by atoms with Gasteiger partial charge in [0, 0.05) is 43.7 Å². The van der Waals surface area contributed by atoms with Gasteiger partial charge in [-0.2, -0.15) is 5.10 Å². The first-order chi connectivity index (χ1) is 13.5. The number of hydrogen-bond donors (Lipinski definition) is 1. The number of aromatic nitrogens is 2. The first-order valence-electron chi connectivity index (χ1n) is 10.3. The molecule has 1 aromatic heterocycles. The van der Waals surface area contributed by atoms with Gasteiger partial charge in [-0.05, 0) is 37.7 Å². The van der Waals surface area contributed by atoms with Crippen LogP contribution in [0, 0.1) is 17.3 Å². The fraction of sp³-hybridized carbons (Fsp3) is 0.667. The molecule has 1 aromatic rings. The third kappa shape index (κ3) is 2.79. The number of ether oxygens (including phenoxy) is 1. The van der Waals surface area contributed by atoms with E-state index in [9.17, 15) is 14.7 Å². The fourth-order valence-electron chi connectivity index (χ4n) is 5.27. The fourth-order valence-corrected chi connectivity index (χ4v) is 5.27. The van der Waals surface area contributed by atoms with Crippen molar-refractivity contribution in [2.45, 2.75) is 38.5 Å². The molecule has 1 N–H and O–H groups in total. The first kappa shape index (κ1) is 17.9. The van der Waals surface area contributed by atoms with Crippen molar-refractivity contribution >= 4 is 17.4 Å². The monoisotopic (exact) mass is 385 g/mol. The van der Waals surface area contributed by atoms with E-state index < -0.39 is 5.97 Å². The van der Waals surface area contributed by atoms with Crippen molar-refractivity contribution in [3.8, 4) is 0 Å². The molecule has 150 valence electrons. The van der Waals surface area contributed by atoms with E-state index in [-0.39, 0.29) is 23.2 Å². The van der Waals surface area contributed by atoms with Gasteiger partial charge >= 0.3 is 5.97 Å². The molecular formula is C21H27N3O4. The molecule has 2 saturated heterocycles. The summed E-state index contributed by atoms with van der Waals surface area (Å²) in [6.07, 6.45) is 6.57. The van der Waals surface area contributed by atoms with Crippen LogP contribution in [0.2, 0.25) is 0 Å². The van der Waals surface area contributed by atoms with Gasteiger partial charge in [0.1, 0.15) is 0 Å². The smallest absolute Gasteiger partial charge is 0.306 e. The molecule has 7 heteroatoms. The van der Waals surface area contributed by atoms with Crippen LogP contribution in [-0.2, 0) is 34.2 Å². The molecule has 28 heavy (non-hydrogen) atoms. The maximum atomic E-state index is 12.9. The molecular weight excluding hydrogens is 358 g/mol. The number of carbonyl (C=O) groups is 2. The molecule has 2 unspecified atom stereocenters. The van der Waals surface area contributed by atoms with Gasteiger partial charge < -0.3 is 14.7 Å². The van der Waals surface area contributed by atoms with Crippen LogP contribution in [0.1, 0.15) is 42.6 Å². The number of aliphatic carboxylic acids is 1. The number of carboxylic acids is 1. The second-order valence-corrected chi connectivity index (χ2v) is 9.06. The molecule has 0 aromatic carbocycles. The second kappa shape index (κ2) is 6.44. The Hall–Kier alpha value is -2.15. The summed E-state index contributed by atoms with van der Waals surface area (Å²) < 4.78 is 7.24. The van der Waals surface area contributed by atoms with Gasteiger partial charge in [-0.15, -0.1) is 0 Å². The van der Waals surface area contributed by atoms with Crippen molar-refractivity contribution < 1.29 is 19.4 Å². The summed E-state index contributed by atoms with van der Waals surface area (Å²) in [5, 5.41) is 14.0. The van der Waals surface area contributed by atoms with Gasteiger partial charge in [0.2, 0.25) is 5.91 Å². The van der Waals surface area contributed by atoms with Crippen molar-refractivity contribution in [2.24, 2.45) is 24.3 Å². The first-order valence-corrected chi connectivity index (χ1v) is 10.3. The summed E-state index contributed by atoms with van der Waals surface area (Å²) >= 11 is 0. The Balaban J connectivity index is 1.29. The molecule has 4 aliphatic rings. The van der Waals surface area contributed by atoms with Crippen molar-refractivity contribution in [1.29, 1.82) is 0 Å². The van der Waals surface area contributed by atoms with E-state index in [1.807, 2.05) is 16.6 Å². The number of carboxylic acid groups (broad SMARTS) is 1. The molecule has 2 atom stereocenters. The summed E-state index contributed by atoms with van der Waals surface area (Å²) in [6, 6.07) is 0. The maximum absolute atomic E-state index is 12.9. The Bertz CT molecular complexity index is 859. The number of nitrogens with zero attached hydrogens (tertiary/aromatic N) is 3. The third-order valence-electron chi connectivity index (χ3n) is 7.05. The lowest BCUT2D eigenvalue weighted by Crippen LogP contribution is -2.68. The van der Waals surface area contributed by atoms with E-state index in [2.05, 4.69) is 6.08 Å². The summed E-state index contributed by atoms with van der Waals surface area (Å²) in [5.41, 5.74) is 4.90. The summed E-state index contributed by atoms with van der Waals surface area (Å²) in [6.45, 7) is 3.30. The molecule has 3 heterocycles. The topological polar surface area (TPSA) is 84.7 Å². The number of amides is 1. The summed E-state index contributed by atoms with van der Waals surface area (Å²) in [5.74, 6) is -0.648. The minimum atomic E-state index is -0.707. The van der Waals surface area contributed by atoms with Gasteiger partial charge in [-0.3, -0.25) is 14.3 Å². The lowest BCUT2D eigenvalue weighted by atomic mass is 9.76. The lowest BCUT2D eigenvalue weighted by molar-refractivity contribution is -0.197. The minimum absolute atomic E-state index is 0.0471. The van der Waals surface area contributed by atoms with Crippen LogP contribution in [0.4, 0.5) is 0 Å². The predicted octanol–water partition coefficient (Wildman–Crippen LogP) is 1.65. The van der Waals surface area contributed by atoms with E-state index >= 15 is 0 Å². The van der Waals surface area contributed by atoms with Gasteiger partial charge in [0.15, 0.2) is 0 Å². The molecule has 2 aliphatic carbocycles. The molecule has 0 radical (unpaired) electrons. The molecule has 0 bridgehead atoms. The van der Waals surface area contributed by atoms with Gasteiger partial charge in [-0.25, -0.2) is 0 Å². The highest BCUT2D eigenvalue weighted by molar-refractivity contribution is 5.81. The number of allylic oxidation sites excluding steroid dienone is 2. The van der Waals surface area contributed by atoms with Gasteiger partial charge in [0.25, 0.3) is 0 Å². The van der Waals surface area contributed by atoms with Crippen LogP contribution in [-0.4, -0.2) is 58.0 Å². The number of hydrogen-bond acceptors (Lipinski definition) is 4. The number of fused-ring (bicyclic) bond motifs is 1. The van der Waals surface area contributed by atoms with Gasteiger partial charge in [-0.1, -0.05) is 6.08 Å². The quantitative estimate of drug-likeness (QED) is 0.855. The Labute approximate surface area is 164 Å². The third-order valence-corrected chi connectivity index (χ3v) is 7.05. The number of aryl methyl sites for hydroxylation is 1. The highest BCUT2D eigenvalue weighted by atomic mass is 16.5. The van der Waals surface area contributed by atoms with Gasteiger partial charge in [0.05, 0.1) is 30.2 Å². The van der Waals surface area contributed by atoms with Crippen molar-refractivity contribution in [2.75, 3.05) is 26.3 Å². The van der Waals surface area contributed by atoms with E-state index in [1.54, 1.807) is 0 Å². The molecule has 1 amide bonds. The Morgan fingerprint density at radius 1 is 1.21 bits per heavy atom. The van der Waals surface area contributed by atoms with Crippen LogP contribution < -0.4 is 0 Å². The van der Waals surface area contributed by atoms with E-state index in [1.165, 1.54) is 16.8 Å². The number of rotatable bonds is 3. The second-order valence-electron chi connectivity index (χ2n) is 9.06. The Morgan fingerprint density at radius 2 is 1.96 bits per heavy atom. The van der Waals surface area contributed by atoms with Crippen molar-refractivity contribution in [1.82, 2.24) is 14.7 Å². The molecule has 2 fully saturated rings. The number of likely N-dealkylation sites (tertiary alicyclic amines) is 1. The molecule has 5 rings (SSSR count). The highest BCUT2D eigenvalue weighted by Crippen LogP contribution is 2.40. The normalized spacial score (nSPS) is 28.2. The van der Waals surface area contributed by atoms with Crippen LogP contribution in [0.5, 0.6) is 0 Å². The van der Waals surface area contributed by atoms with E-state index in [0.29, 0.717) is 12.8 Å². The summed E-state index contributed by atoms with van der Waals surface area (Å²) in [7, 11) is 1.96. The lowest BCUT2D eigenvalue weighted by Gasteiger charge is -2.55. The Kier molecular flexibility index (Phi) is 4.12. The average Bonchev–Trinajstić information content (AvgIpc) is 2.95. The van der Waals surface area contributed by atoms with Crippen molar-refractivity contribution in [3.05, 3.63) is 23.0 Å². The minimum Gasteiger partial charge on any atom is -0.481 e. The zero-order chi connectivity index (χ0) is 19.5. The zero-order valence-corrected chi connectivity index (χ0v) is 16.3. The summed E-state index contributed by atoms with van der Waals surface area (Å²) in [4.78, 5) is 26.1. The number of carbonyl (C=O) groups excluding carboxylic acids is 1. The SMILES string of the molecule is Cn1nc(C2=CCC(C(=O)O)CC2)c2c1CC(C(=O)N1CC3(COC3)C1)CC2. The predicted molar refractivity (Wildman–Crippen MR) is 102 cm³/mol. The standard InChI is InChI=1S/C21H27N3O4/c1-23-17-8-15(19(25)24-9-21(10-24)11-28-12-21)6-7-16(17)18(22-23)13-2-4-14(5-3-13)20(26)27/h2,14-15H,3-12H2,1H3,(H,26,27). The van der Waals surface area contributed by atoms with Crippen molar-refractivity contribution in [3.63, 3.8) is 0 Å². The zero-order valence-electron chi connectivity index (χ0n) is 16.3.